The fraction of sp³-hybridized carbons (Fsp3) is 0.278. The number of carbonyl (C=O) groups excluding carboxylic acids is 2. The molecule has 4 aromatic carbocycles. The van der Waals surface area contributed by atoms with Crippen LogP contribution >= 0.6 is 23.2 Å². The summed E-state index contributed by atoms with van der Waals surface area (Å²) in [5.41, 5.74) is 2.33. The van der Waals surface area contributed by atoms with Gasteiger partial charge in [-0.1, -0.05) is 96.4 Å². The molecular weight excluding hydrogens is 657 g/mol. The lowest BCUT2D eigenvalue weighted by Gasteiger charge is -2.34. The molecule has 248 valence electrons. The number of rotatable bonds is 15. The number of amides is 2. The molecule has 0 bridgehead atoms. The Morgan fingerprint density at radius 2 is 1.49 bits per heavy atom. The van der Waals surface area contributed by atoms with Crippen LogP contribution in [0.5, 0.6) is 5.75 Å². The van der Waals surface area contributed by atoms with E-state index in [0.717, 1.165) is 15.4 Å². The standard InChI is InChI=1S/C36H39Cl2N3O5S/c1-4-22-39-36(43)33(23-27-12-7-6-8-13-27)40(24-29-30(37)14-11-15-31(29)38)35(42)25-41(32-16-9-10-17-34(32)46-5-2)47(44,45)28-20-18-26(3)19-21-28/h6-21,33H,4-5,22-25H2,1-3H3,(H,39,43)/t33-/m0/s1. The second-order valence-electron chi connectivity index (χ2n) is 10.9. The fourth-order valence-corrected chi connectivity index (χ4v) is 7.01. The average molecular weight is 697 g/mol. The number of nitrogens with zero attached hydrogens (tertiary/aromatic N) is 2. The van der Waals surface area contributed by atoms with E-state index in [4.69, 9.17) is 27.9 Å². The first-order chi connectivity index (χ1) is 22.6. The van der Waals surface area contributed by atoms with Crippen LogP contribution in [0.3, 0.4) is 0 Å². The van der Waals surface area contributed by atoms with Gasteiger partial charge in [-0.2, -0.15) is 0 Å². The van der Waals surface area contributed by atoms with E-state index >= 15 is 0 Å². The lowest BCUT2D eigenvalue weighted by Crippen LogP contribution is -2.53. The smallest absolute Gasteiger partial charge is 0.264 e. The highest BCUT2D eigenvalue weighted by molar-refractivity contribution is 7.92. The zero-order valence-corrected chi connectivity index (χ0v) is 29.0. The minimum Gasteiger partial charge on any atom is -0.492 e. The van der Waals surface area contributed by atoms with Crippen LogP contribution in [0.4, 0.5) is 5.69 Å². The van der Waals surface area contributed by atoms with Crippen LogP contribution in [0.1, 0.15) is 37.0 Å². The summed E-state index contributed by atoms with van der Waals surface area (Å²) in [6.45, 7) is 5.48. The van der Waals surface area contributed by atoms with Crippen molar-refractivity contribution in [2.75, 3.05) is 24.0 Å². The minimum absolute atomic E-state index is 0.00410. The molecule has 1 atom stereocenters. The number of benzene rings is 4. The maximum atomic E-state index is 14.7. The number of sulfonamides is 1. The summed E-state index contributed by atoms with van der Waals surface area (Å²) in [5, 5.41) is 3.55. The SMILES string of the molecule is CCCNC(=O)[C@H](Cc1ccccc1)N(Cc1c(Cl)cccc1Cl)C(=O)CN(c1ccccc1OCC)S(=O)(=O)c1ccc(C)cc1. The van der Waals surface area contributed by atoms with E-state index in [1.54, 1.807) is 61.5 Å². The molecule has 0 aromatic heterocycles. The molecule has 4 rings (SSSR count). The Morgan fingerprint density at radius 1 is 0.851 bits per heavy atom. The van der Waals surface area contributed by atoms with Crippen molar-refractivity contribution in [1.29, 1.82) is 0 Å². The van der Waals surface area contributed by atoms with Crippen molar-refractivity contribution >= 4 is 50.7 Å². The van der Waals surface area contributed by atoms with Crippen molar-refractivity contribution in [3.63, 3.8) is 0 Å². The van der Waals surface area contributed by atoms with E-state index in [0.29, 0.717) is 34.3 Å². The third-order valence-corrected chi connectivity index (χ3v) is 10.0. The molecule has 0 aliphatic rings. The van der Waals surface area contributed by atoms with E-state index in [9.17, 15) is 18.0 Å². The molecule has 0 fully saturated rings. The number of nitrogens with one attached hydrogen (secondary N) is 1. The predicted molar refractivity (Wildman–Crippen MR) is 188 cm³/mol. The van der Waals surface area contributed by atoms with Gasteiger partial charge in [-0.25, -0.2) is 8.42 Å². The molecule has 0 unspecified atom stereocenters. The van der Waals surface area contributed by atoms with Crippen LogP contribution in [-0.2, 0) is 32.6 Å². The Kier molecular flexibility index (Phi) is 12.7. The summed E-state index contributed by atoms with van der Waals surface area (Å²) in [4.78, 5) is 29.9. The van der Waals surface area contributed by atoms with Gasteiger partial charge in [-0.05, 0) is 62.2 Å². The topological polar surface area (TPSA) is 96.0 Å². The van der Waals surface area contributed by atoms with Crippen molar-refractivity contribution in [1.82, 2.24) is 10.2 Å². The summed E-state index contributed by atoms with van der Waals surface area (Å²) >= 11 is 13.2. The quantitative estimate of drug-likeness (QED) is 0.144. The van der Waals surface area contributed by atoms with Crippen molar-refractivity contribution in [2.45, 2.75) is 51.1 Å². The Labute approximate surface area is 287 Å². The van der Waals surface area contributed by atoms with Crippen molar-refractivity contribution in [3.8, 4) is 5.75 Å². The highest BCUT2D eigenvalue weighted by atomic mass is 35.5. The first-order valence-corrected chi connectivity index (χ1v) is 17.6. The van der Waals surface area contributed by atoms with Crippen LogP contribution in [0, 0.1) is 6.92 Å². The number of halogens is 2. The molecule has 1 N–H and O–H groups in total. The first-order valence-electron chi connectivity index (χ1n) is 15.4. The molecular formula is C36H39Cl2N3O5S. The van der Waals surface area contributed by atoms with Crippen LogP contribution < -0.4 is 14.4 Å². The highest BCUT2D eigenvalue weighted by Gasteiger charge is 2.36. The molecule has 0 aliphatic carbocycles. The molecule has 2 amide bonds. The summed E-state index contributed by atoms with van der Waals surface area (Å²) < 4.78 is 35.5. The number of hydrogen-bond donors (Lipinski definition) is 1. The number of aryl methyl sites for hydroxylation is 1. The third kappa shape index (κ3) is 9.06. The molecule has 8 nitrogen and oxygen atoms in total. The number of ether oxygens (including phenoxy) is 1. The van der Waals surface area contributed by atoms with Gasteiger partial charge >= 0.3 is 0 Å². The summed E-state index contributed by atoms with van der Waals surface area (Å²) in [5.74, 6) is -0.717. The van der Waals surface area contributed by atoms with Gasteiger partial charge < -0.3 is 15.0 Å². The largest absolute Gasteiger partial charge is 0.492 e. The van der Waals surface area contributed by atoms with Crippen LogP contribution in [0.25, 0.3) is 0 Å². The molecule has 0 saturated carbocycles. The van der Waals surface area contributed by atoms with Crippen LogP contribution in [-0.4, -0.2) is 50.9 Å². The number of para-hydroxylation sites is 2. The van der Waals surface area contributed by atoms with E-state index in [-0.39, 0.29) is 36.1 Å². The molecule has 0 radical (unpaired) electrons. The van der Waals surface area contributed by atoms with Gasteiger partial charge in [0.1, 0.15) is 18.3 Å². The molecule has 4 aromatic rings. The molecule has 0 heterocycles. The van der Waals surface area contributed by atoms with Crippen LogP contribution in [0.2, 0.25) is 10.0 Å². The zero-order chi connectivity index (χ0) is 34.0. The number of hydrogen-bond acceptors (Lipinski definition) is 5. The number of carbonyl (C=O) groups is 2. The molecule has 0 aliphatic heterocycles. The van der Waals surface area contributed by atoms with E-state index < -0.39 is 28.5 Å². The van der Waals surface area contributed by atoms with Crippen LogP contribution in [0.15, 0.2) is 102 Å². The monoisotopic (exact) mass is 695 g/mol. The zero-order valence-electron chi connectivity index (χ0n) is 26.7. The van der Waals surface area contributed by atoms with Gasteiger partial charge in [-0.15, -0.1) is 0 Å². The van der Waals surface area contributed by atoms with Gasteiger partial charge in [0.05, 0.1) is 17.2 Å². The van der Waals surface area contributed by atoms with Gasteiger partial charge in [0.15, 0.2) is 0 Å². The normalized spacial score (nSPS) is 11.9. The van der Waals surface area contributed by atoms with E-state index in [2.05, 4.69) is 5.32 Å². The Hall–Kier alpha value is -4.05. The van der Waals surface area contributed by atoms with Gasteiger partial charge in [0.2, 0.25) is 11.8 Å². The molecule has 47 heavy (non-hydrogen) atoms. The lowest BCUT2D eigenvalue weighted by molar-refractivity contribution is -0.140. The van der Waals surface area contributed by atoms with Gasteiger partial charge in [0.25, 0.3) is 10.0 Å². The van der Waals surface area contributed by atoms with Gasteiger partial charge in [0, 0.05) is 35.1 Å². The first kappa shape index (κ1) is 35.8. The second-order valence-corrected chi connectivity index (χ2v) is 13.6. The fourth-order valence-electron chi connectivity index (χ4n) is 5.07. The second kappa shape index (κ2) is 16.7. The van der Waals surface area contributed by atoms with Crippen molar-refractivity contribution in [3.05, 3.63) is 124 Å². The maximum absolute atomic E-state index is 14.7. The van der Waals surface area contributed by atoms with Crippen molar-refractivity contribution < 1.29 is 22.7 Å². The molecule has 0 spiro atoms. The summed E-state index contributed by atoms with van der Waals surface area (Å²) in [6, 6.07) is 26.4. The predicted octanol–water partition coefficient (Wildman–Crippen LogP) is 7.06. The van der Waals surface area contributed by atoms with Gasteiger partial charge in [-0.3, -0.25) is 13.9 Å². The minimum atomic E-state index is -4.30. The average Bonchev–Trinajstić information content (AvgIpc) is 3.06. The van der Waals surface area contributed by atoms with E-state index in [1.807, 2.05) is 44.2 Å². The Morgan fingerprint density at radius 3 is 2.13 bits per heavy atom. The summed E-state index contributed by atoms with van der Waals surface area (Å²) in [6.07, 6.45) is 0.856. The maximum Gasteiger partial charge on any atom is 0.264 e. The highest BCUT2D eigenvalue weighted by Crippen LogP contribution is 2.34. The Balaban J connectivity index is 1.86. The Bertz CT molecular complexity index is 1750. The van der Waals surface area contributed by atoms with Crippen molar-refractivity contribution in [2.24, 2.45) is 0 Å². The van der Waals surface area contributed by atoms with E-state index in [1.165, 1.54) is 17.0 Å². The number of anilines is 1. The lowest BCUT2D eigenvalue weighted by atomic mass is 10.0. The third-order valence-electron chi connectivity index (χ3n) is 7.53. The molecule has 0 saturated heterocycles. The molecule has 11 heteroatoms. The summed E-state index contributed by atoms with van der Waals surface area (Å²) in [7, 11) is -4.30.